The van der Waals surface area contributed by atoms with Crippen LogP contribution in [0.25, 0.3) is 0 Å². The Morgan fingerprint density at radius 1 is 1.43 bits per heavy atom. The number of rotatable bonds is 7. The Bertz CT molecular complexity index is 469. The molecule has 118 valence electrons. The summed E-state index contributed by atoms with van der Waals surface area (Å²) in [6.45, 7) is 1.26. The number of nitrogens with zero attached hydrogens (tertiary/aromatic N) is 2. The summed E-state index contributed by atoms with van der Waals surface area (Å²) in [5, 5.41) is 0. The van der Waals surface area contributed by atoms with Crippen molar-refractivity contribution in [1.29, 1.82) is 0 Å². The van der Waals surface area contributed by atoms with E-state index >= 15 is 0 Å². The Morgan fingerprint density at radius 2 is 2.14 bits per heavy atom. The lowest BCUT2D eigenvalue weighted by molar-refractivity contribution is -0.141. The maximum atomic E-state index is 12.6. The number of alkyl halides is 3. The molecule has 0 atom stereocenters. The minimum atomic E-state index is -4.45. The van der Waals surface area contributed by atoms with E-state index in [4.69, 9.17) is 4.74 Å². The van der Waals surface area contributed by atoms with Gasteiger partial charge in [0.05, 0.1) is 0 Å². The normalized spacial score (nSPS) is 11.5. The number of amides is 1. The van der Waals surface area contributed by atoms with Crippen molar-refractivity contribution in [2.75, 3.05) is 26.3 Å². The van der Waals surface area contributed by atoms with Gasteiger partial charge in [0.2, 0.25) is 0 Å². The third-order valence-corrected chi connectivity index (χ3v) is 2.95. The number of ether oxygens (including phenoxy) is 1. The molecule has 1 aromatic heterocycles. The number of carbonyl (C=O) groups excluding carboxylic acids is 1. The second-order valence-electron chi connectivity index (χ2n) is 4.24. The van der Waals surface area contributed by atoms with Crippen LogP contribution in [-0.2, 0) is 4.74 Å². The Labute approximate surface area is 129 Å². The van der Waals surface area contributed by atoms with Crippen LogP contribution in [0, 0.1) is 0 Å². The number of halogens is 4. The van der Waals surface area contributed by atoms with Crippen LogP contribution in [0.3, 0.4) is 0 Å². The predicted molar refractivity (Wildman–Crippen MR) is 75.0 cm³/mol. The fourth-order valence-corrected chi connectivity index (χ4v) is 2.00. The van der Waals surface area contributed by atoms with Crippen LogP contribution in [0.15, 0.2) is 22.8 Å². The van der Waals surface area contributed by atoms with Gasteiger partial charge < -0.3 is 9.64 Å². The van der Waals surface area contributed by atoms with Gasteiger partial charge in [0.15, 0.2) is 0 Å². The van der Waals surface area contributed by atoms with Gasteiger partial charge in [0.25, 0.3) is 5.91 Å². The Kier molecular flexibility index (Phi) is 7.10. The van der Waals surface area contributed by atoms with E-state index in [9.17, 15) is 18.0 Å². The van der Waals surface area contributed by atoms with Gasteiger partial charge in [-0.3, -0.25) is 4.79 Å². The highest BCUT2D eigenvalue weighted by molar-refractivity contribution is 9.10. The third kappa shape index (κ3) is 6.90. The van der Waals surface area contributed by atoms with Gasteiger partial charge in [-0.15, -0.1) is 0 Å². The predicted octanol–water partition coefficient (Wildman–Crippen LogP) is 3.28. The lowest BCUT2D eigenvalue weighted by Crippen LogP contribution is -2.40. The second kappa shape index (κ2) is 8.33. The van der Waals surface area contributed by atoms with Crippen LogP contribution in [0.1, 0.15) is 23.8 Å². The van der Waals surface area contributed by atoms with Gasteiger partial charge in [0.1, 0.15) is 16.8 Å². The molecule has 0 saturated heterocycles. The van der Waals surface area contributed by atoms with E-state index in [1.54, 1.807) is 19.1 Å². The summed E-state index contributed by atoms with van der Waals surface area (Å²) in [5.41, 5.74) is -0.0231. The zero-order valence-electron chi connectivity index (χ0n) is 11.5. The van der Waals surface area contributed by atoms with Crippen LogP contribution in [-0.4, -0.2) is 48.3 Å². The van der Waals surface area contributed by atoms with Crippen molar-refractivity contribution in [1.82, 2.24) is 9.88 Å². The van der Waals surface area contributed by atoms with Crippen molar-refractivity contribution in [2.45, 2.75) is 19.5 Å². The Hall–Kier alpha value is -1.15. The number of carbonyl (C=O) groups is 1. The maximum absolute atomic E-state index is 12.6. The van der Waals surface area contributed by atoms with Crippen molar-refractivity contribution in [3.05, 3.63) is 28.5 Å². The SMILES string of the molecule is CCOCCCN(CC(F)(F)F)C(=O)c1cccc(Br)n1. The molecule has 0 N–H and O–H groups in total. The van der Waals surface area contributed by atoms with Gasteiger partial charge in [-0.1, -0.05) is 6.07 Å². The van der Waals surface area contributed by atoms with E-state index in [0.29, 0.717) is 24.2 Å². The quantitative estimate of drug-likeness (QED) is 0.547. The van der Waals surface area contributed by atoms with Crippen molar-refractivity contribution in [3.8, 4) is 0 Å². The molecule has 0 aliphatic rings. The summed E-state index contributed by atoms with van der Waals surface area (Å²) in [7, 11) is 0. The largest absolute Gasteiger partial charge is 0.406 e. The average Bonchev–Trinajstić information content (AvgIpc) is 2.40. The summed E-state index contributed by atoms with van der Waals surface area (Å²) >= 11 is 3.09. The van der Waals surface area contributed by atoms with Crippen LogP contribution in [0.5, 0.6) is 0 Å². The van der Waals surface area contributed by atoms with E-state index in [1.165, 1.54) is 6.07 Å². The first kappa shape index (κ1) is 17.9. The summed E-state index contributed by atoms with van der Waals surface area (Å²) in [6, 6.07) is 4.54. The smallest absolute Gasteiger partial charge is 0.382 e. The molecule has 4 nitrogen and oxygen atoms in total. The van der Waals surface area contributed by atoms with Crippen molar-refractivity contribution >= 4 is 21.8 Å². The zero-order chi connectivity index (χ0) is 15.9. The molecule has 8 heteroatoms. The lowest BCUT2D eigenvalue weighted by Gasteiger charge is -2.23. The first-order valence-electron chi connectivity index (χ1n) is 6.40. The maximum Gasteiger partial charge on any atom is 0.406 e. The summed E-state index contributed by atoms with van der Waals surface area (Å²) in [4.78, 5) is 16.8. The van der Waals surface area contributed by atoms with Gasteiger partial charge in [-0.2, -0.15) is 13.2 Å². The molecule has 1 rings (SSSR count). The number of hydrogen-bond acceptors (Lipinski definition) is 3. The molecular weight excluding hydrogens is 353 g/mol. The van der Waals surface area contributed by atoms with Crippen molar-refractivity contribution in [3.63, 3.8) is 0 Å². The molecule has 1 amide bonds. The topological polar surface area (TPSA) is 42.4 Å². The highest BCUT2D eigenvalue weighted by Gasteiger charge is 2.33. The molecule has 0 radical (unpaired) electrons. The van der Waals surface area contributed by atoms with E-state index in [-0.39, 0.29) is 12.2 Å². The fraction of sp³-hybridized carbons (Fsp3) is 0.538. The van der Waals surface area contributed by atoms with Crippen LogP contribution < -0.4 is 0 Å². The molecule has 0 aromatic carbocycles. The standard InChI is InChI=1S/C13H16BrF3N2O2/c1-2-21-8-4-7-19(9-13(15,16)17)12(20)10-5-3-6-11(14)18-10/h3,5-6H,2,4,7-9H2,1H3. The molecular formula is C13H16BrF3N2O2. The summed E-state index contributed by atoms with van der Waals surface area (Å²) < 4.78 is 43.2. The molecule has 1 heterocycles. The Morgan fingerprint density at radius 3 is 2.71 bits per heavy atom. The molecule has 0 spiro atoms. The first-order chi connectivity index (χ1) is 9.83. The molecule has 0 aliphatic carbocycles. The molecule has 0 saturated carbocycles. The molecule has 0 fully saturated rings. The zero-order valence-corrected chi connectivity index (χ0v) is 13.1. The lowest BCUT2D eigenvalue weighted by atomic mass is 10.3. The molecule has 0 unspecified atom stereocenters. The van der Waals surface area contributed by atoms with E-state index < -0.39 is 18.6 Å². The average molecular weight is 369 g/mol. The van der Waals surface area contributed by atoms with Crippen LogP contribution >= 0.6 is 15.9 Å². The molecule has 21 heavy (non-hydrogen) atoms. The first-order valence-corrected chi connectivity index (χ1v) is 7.19. The fourth-order valence-electron chi connectivity index (χ4n) is 1.66. The van der Waals surface area contributed by atoms with Gasteiger partial charge in [0, 0.05) is 19.8 Å². The Balaban J connectivity index is 2.76. The van der Waals surface area contributed by atoms with Crippen molar-refractivity contribution in [2.24, 2.45) is 0 Å². The summed E-state index contributed by atoms with van der Waals surface area (Å²) in [5.74, 6) is -0.745. The highest BCUT2D eigenvalue weighted by atomic mass is 79.9. The summed E-state index contributed by atoms with van der Waals surface area (Å²) in [6.07, 6.45) is -4.11. The number of aromatic nitrogens is 1. The van der Waals surface area contributed by atoms with E-state index in [2.05, 4.69) is 20.9 Å². The van der Waals surface area contributed by atoms with E-state index in [0.717, 1.165) is 4.90 Å². The van der Waals surface area contributed by atoms with Crippen LogP contribution in [0.4, 0.5) is 13.2 Å². The third-order valence-electron chi connectivity index (χ3n) is 2.51. The van der Waals surface area contributed by atoms with E-state index in [1.807, 2.05) is 0 Å². The molecule has 1 aromatic rings. The van der Waals surface area contributed by atoms with Crippen molar-refractivity contribution < 1.29 is 22.7 Å². The van der Waals surface area contributed by atoms with Crippen LogP contribution in [0.2, 0.25) is 0 Å². The number of pyridine rings is 1. The highest BCUT2D eigenvalue weighted by Crippen LogP contribution is 2.18. The van der Waals surface area contributed by atoms with Gasteiger partial charge in [-0.05, 0) is 41.4 Å². The monoisotopic (exact) mass is 368 g/mol. The minimum absolute atomic E-state index is 0.0231. The van der Waals surface area contributed by atoms with Gasteiger partial charge >= 0.3 is 6.18 Å². The second-order valence-corrected chi connectivity index (χ2v) is 5.05. The number of hydrogen-bond donors (Lipinski definition) is 0. The molecule has 0 bridgehead atoms. The van der Waals surface area contributed by atoms with Gasteiger partial charge in [-0.25, -0.2) is 4.98 Å². The molecule has 0 aliphatic heterocycles. The minimum Gasteiger partial charge on any atom is -0.382 e.